The Kier molecular flexibility index (Phi) is 4.64. The summed E-state index contributed by atoms with van der Waals surface area (Å²) < 4.78 is 39.9. The fraction of sp³-hybridized carbons (Fsp3) is 0.368. The predicted molar refractivity (Wildman–Crippen MR) is 92.1 cm³/mol. The Hall–Kier alpha value is -2.57. The van der Waals surface area contributed by atoms with Gasteiger partial charge in [0.1, 0.15) is 0 Å². The number of halogens is 3. The largest absolute Gasteiger partial charge is 0.416 e. The molecular weight excluding hydrogens is 343 g/mol. The highest BCUT2D eigenvalue weighted by atomic mass is 19.4. The van der Waals surface area contributed by atoms with Gasteiger partial charge in [-0.3, -0.25) is 4.79 Å². The number of nitrogens with one attached hydrogen (secondary N) is 1. The molecule has 1 N–H and O–H groups in total. The zero-order valence-electron chi connectivity index (χ0n) is 14.8. The first-order chi connectivity index (χ1) is 12.2. The minimum atomic E-state index is -4.36. The number of hydrogen-bond acceptors (Lipinski definition) is 2. The number of amides is 1. The van der Waals surface area contributed by atoms with Gasteiger partial charge in [-0.15, -0.1) is 0 Å². The normalized spacial score (nSPS) is 19.8. The third-order valence-electron chi connectivity index (χ3n) is 4.63. The number of nitrogens with zero attached hydrogens (tertiary/aromatic N) is 2. The highest BCUT2D eigenvalue weighted by Crippen LogP contribution is 2.34. The summed E-state index contributed by atoms with van der Waals surface area (Å²) in [6.45, 7) is 5.29. The van der Waals surface area contributed by atoms with E-state index in [1.165, 1.54) is 19.1 Å². The van der Waals surface area contributed by atoms with Crippen LogP contribution in [0.15, 0.2) is 36.4 Å². The molecule has 0 fully saturated rings. The minimum Gasteiger partial charge on any atom is -0.350 e. The lowest BCUT2D eigenvalue weighted by atomic mass is 9.96. The first-order valence-electron chi connectivity index (χ1n) is 8.36. The Morgan fingerprint density at radius 1 is 1.19 bits per heavy atom. The molecule has 138 valence electrons. The maximum Gasteiger partial charge on any atom is 0.416 e. The maximum atomic E-state index is 12.7. The van der Waals surface area contributed by atoms with Gasteiger partial charge in [0.05, 0.1) is 16.9 Å². The van der Waals surface area contributed by atoms with Crippen molar-refractivity contribution >= 4 is 5.91 Å². The van der Waals surface area contributed by atoms with E-state index in [2.05, 4.69) is 16.5 Å². The van der Waals surface area contributed by atoms with E-state index in [0.717, 1.165) is 35.5 Å². The zero-order valence-corrected chi connectivity index (χ0v) is 14.8. The number of benzene rings is 1. The fourth-order valence-electron chi connectivity index (χ4n) is 3.52. The Bertz CT molecular complexity index is 850. The molecule has 0 radical (unpaired) electrons. The molecule has 1 aromatic carbocycles. The Balaban J connectivity index is 1.87. The minimum absolute atomic E-state index is 0.00859. The molecule has 0 unspecified atom stereocenters. The quantitative estimate of drug-likeness (QED) is 0.836. The summed E-state index contributed by atoms with van der Waals surface area (Å²) in [7, 11) is 0. The van der Waals surface area contributed by atoms with Gasteiger partial charge < -0.3 is 5.32 Å². The average Bonchev–Trinajstić information content (AvgIpc) is 3.10. The van der Waals surface area contributed by atoms with Gasteiger partial charge in [0.15, 0.2) is 0 Å². The van der Waals surface area contributed by atoms with E-state index < -0.39 is 11.7 Å². The summed E-state index contributed by atoms with van der Waals surface area (Å²) in [6.07, 6.45) is 0.418. The van der Waals surface area contributed by atoms with Crippen molar-refractivity contribution < 1.29 is 18.0 Å². The third kappa shape index (κ3) is 3.52. The lowest BCUT2D eigenvalue weighted by Crippen LogP contribution is -2.30. The number of alkyl halides is 3. The molecule has 0 saturated heterocycles. The first kappa shape index (κ1) is 18.2. The van der Waals surface area contributed by atoms with Gasteiger partial charge >= 0.3 is 6.18 Å². The number of carbonyl (C=O) groups is 1. The van der Waals surface area contributed by atoms with Gasteiger partial charge in [0.2, 0.25) is 5.91 Å². The molecule has 2 aromatic rings. The van der Waals surface area contributed by atoms with Gasteiger partial charge in [0.25, 0.3) is 0 Å². The van der Waals surface area contributed by atoms with Crippen molar-refractivity contribution in [2.24, 2.45) is 0 Å². The van der Waals surface area contributed by atoms with Gasteiger partial charge in [0, 0.05) is 30.1 Å². The molecule has 0 spiro atoms. The highest BCUT2D eigenvalue weighted by molar-refractivity contribution is 5.73. The van der Waals surface area contributed by atoms with Crippen LogP contribution >= 0.6 is 0 Å². The van der Waals surface area contributed by atoms with Crippen LogP contribution in [0.4, 0.5) is 13.2 Å². The average molecular weight is 363 g/mol. The molecule has 1 aliphatic carbocycles. The van der Waals surface area contributed by atoms with Gasteiger partial charge in [-0.05, 0) is 44.5 Å². The van der Waals surface area contributed by atoms with Crippen LogP contribution in [-0.2, 0) is 11.0 Å². The molecule has 2 atom stereocenters. The van der Waals surface area contributed by atoms with Crippen molar-refractivity contribution in [2.45, 2.75) is 45.3 Å². The van der Waals surface area contributed by atoms with E-state index in [9.17, 15) is 18.0 Å². The number of carbonyl (C=O) groups excluding carboxylic acids is 1. The molecule has 1 heterocycles. The van der Waals surface area contributed by atoms with Crippen LogP contribution in [-0.4, -0.2) is 21.7 Å². The molecule has 1 aromatic heterocycles. The Morgan fingerprint density at radius 2 is 1.85 bits per heavy atom. The molecule has 4 nitrogen and oxygen atoms in total. The summed E-state index contributed by atoms with van der Waals surface area (Å²) in [5, 5.41) is 7.40. The number of allylic oxidation sites excluding steroid dienone is 1. The standard InChI is InChI=1S/C19H20F3N3O/c1-11-18(14-4-7-16(10-14)23-13(3)26)12(2)25(24-11)17-8-5-15(6-9-17)19(20,21)22/h4-9,14,16H,10H2,1-3H3,(H,23,26)/t14-,16-/m1/s1. The second-order valence-electron chi connectivity index (χ2n) is 6.58. The molecular formula is C19H20F3N3O. The van der Waals surface area contributed by atoms with Crippen molar-refractivity contribution in [1.82, 2.24) is 15.1 Å². The van der Waals surface area contributed by atoms with E-state index in [1.54, 1.807) is 4.68 Å². The highest BCUT2D eigenvalue weighted by Gasteiger charge is 2.30. The molecule has 0 aliphatic heterocycles. The van der Waals surface area contributed by atoms with E-state index in [0.29, 0.717) is 5.69 Å². The SMILES string of the molecule is CC(=O)N[C@@H]1C=C[C@@H](c2c(C)nn(-c3ccc(C(F)(F)F)cc3)c2C)C1. The molecule has 0 bridgehead atoms. The van der Waals surface area contributed by atoms with E-state index in [4.69, 9.17) is 0 Å². The molecule has 0 saturated carbocycles. The van der Waals surface area contributed by atoms with Crippen molar-refractivity contribution in [3.05, 3.63) is 58.9 Å². The molecule has 1 aliphatic rings. The second kappa shape index (κ2) is 6.63. The lowest BCUT2D eigenvalue weighted by molar-refractivity contribution is -0.137. The summed E-state index contributed by atoms with van der Waals surface area (Å²) >= 11 is 0. The van der Waals surface area contributed by atoms with Crippen LogP contribution in [0.3, 0.4) is 0 Å². The monoisotopic (exact) mass is 363 g/mol. The van der Waals surface area contributed by atoms with Crippen molar-refractivity contribution in [2.75, 3.05) is 0 Å². The Labute approximate surface area is 149 Å². The van der Waals surface area contributed by atoms with Crippen LogP contribution in [0.2, 0.25) is 0 Å². The molecule has 26 heavy (non-hydrogen) atoms. The third-order valence-corrected chi connectivity index (χ3v) is 4.63. The van der Waals surface area contributed by atoms with Crippen molar-refractivity contribution in [3.8, 4) is 5.69 Å². The summed E-state index contributed by atoms with van der Waals surface area (Å²) in [5.74, 6) is 0.0456. The van der Waals surface area contributed by atoms with Crippen LogP contribution < -0.4 is 5.32 Å². The smallest absolute Gasteiger partial charge is 0.350 e. The first-order valence-corrected chi connectivity index (χ1v) is 8.36. The van der Waals surface area contributed by atoms with Crippen LogP contribution in [0.25, 0.3) is 5.69 Å². The van der Waals surface area contributed by atoms with Crippen LogP contribution in [0, 0.1) is 13.8 Å². The maximum absolute atomic E-state index is 12.7. The van der Waals surface area contributed by atoms with Crippen LogP contribution in [0.5, 0.6) is 0 Å². The lowest BCUT2D eigenvalue weighted by Gasteiger charge is -2.14. The number of rotatable bonds is 3. The molecule has 7 heteroatoms. The molecule has 1 amide bonds. The zero-order chi connectivity index (χ0) is 19.1. The fourth-order valence-corrected chi connectivity index (χ4v) is 3.52. The summed E-state index contributed by atoms with van der Waals surface area (Å²) in [5.41, 5.74) is 2.68. The van der Waals surface area contributed by atoms with Gasteiger partial charge in [-0.25, -0.2) is 4.68 Å². The van der Waals surface area contributed by atoms with E-state index >= 15 is 0 Å². The summed E-state index contributed by atoms with van der Waals surface area (Å²) in [6, 6.07) is 4.97. The van der Waals surface area contributed by atoms with Crippen molar-refractivity contribution in [1.29, 1.82) is 0 Å². The predicted octanol–water partition coefficient (Wildman–Crippen LogP) is 4.06. The van der Waals surface area contributed by atoms with Gasteiger partial charge in [-0.1, -0.05) is 12.2 Å². The van der Waals surface area contributed by atoms with Crippen molar-refractivity contribution in [3.63, 3.8) is 0 Å². The second-order valence-corrected chi connectivity index (χ2v) is 6.58. The summed E-state index contributed by atoms with van der Waals surface area (Å²) in [4.78, 5) is 11.2. The molecule has 3 rings (SSSR count). The van der Waals surface area contributed by atoms with E-state index in [1.807, 2.05) is 19.9 Å². The van der Waals surface area contributed by atoms with Crippen LogP contribution in [0.1, 0.15) is 41.8 Å². The van der Waals surface area contributed by atoms with E-state index in [-0.39, 0.29) is 17.9 Å². The van der Waals surface area contributed by atoms with Gasteiger partial charge in [-0.2, -0.15) is 18.3 Å². The number of hydrogen-bond donors (Lipinski definition) is 1. The number of aryl methyl sites for hydroxylation is 1. The number of aromatic nitrogens is 2. The topological polar surface area (TPSA) is 46.9 Å². The Morgan fingerprint density at radius 3 is 2.42 bits per heavy atom.